The summed E-state index contributed by atoms with van der Waals surface area (Å²) in [6.45, 7) is 1.60. The predicted octanol–water partition coefficient (Wildman–Crippen LogP) is -1.50. The fourth-order valence-corrected chi connectivity index (χ4v) is 1.35. The van der Waals surface area contributed by atoms with Gasteiger partial charge in [-0.05, 0) is 33.2 Å². The van der Waals surface area contributed by atoms with Crippen molar-refractivity contribution in [2.24, 2.45) is 11.5 Å². The minimum atomic E-state index is -2.14. The lowest BCUT2D eigenvalue weighted by atomic mass is 9.95. The third kappa shape index (κ3) is 3.86. The second-order valence-corrected chi connectivity index (χ2v) is 4.06. The zero-order valence-electron chi connectivity index (χ0n) is 10.6. The molecule has 1 atom stereocenters. The van der Waals surface area contributed by atoms with Gasteiger partial charge in [0, 0.05) is 0 Å². The number of nitrogens with two attached hydrogens (primary N) is 2. The van der Waals surface area contributed by atoms with E-state index in [0.717, 1.165) is 13.8 Å². The Labute approximate surface area is 105 Å². The zero-order chi connectivity index (χ0) is 14.3. The van der Waals surface area contributed by atoms with Gasteiger partial charge in [-0.25, -0.2) is 0 Å². The van der Waals surface area contributed by atoms with E-state index < -0.39 is 35.8 Å². The maximum atomic E-state index is 11.6. The minimum absolute atomic E-state index is 0.284. The Morgan fingerprint density at radius 1 is 1.28 bits per heavy atom. The van der Waals surface area contributed by atoms with Crippen LogP contribution in [-0.2, 0) is 19.1 Å². The number of carbonyl (C=O) groups excluding carboxylic acids is 3. The number of carbonyl (C=O) groups is 3. The molecule has 0 spiro atoms. The summed E-state index contributed by atoms with van der Waals surface area (Å²) in [7, 11) is 0. The minimum Gasteiger partial charge on any atom is -0.439 e. The summed E-state index contributed by atoms with van der Waals surface area (Å²) in [5.41, 5.74) is 8.66. The molecule has 0 heterocycles. The highest BCUT2D eigenvalue weighted by atomic mass is 16.6. The van der Waals surface area contributed by atoms with Gasteiger partial charge in [0.2, 0.25) is 5.60 Å². The van der Waals surface area contributed by atoms with Gasteiger partial charge >= 0.3 is 5.97 Å². The van der Waals surface area contributed by atoms with Crippen molar-refractivity contribution in [3.8, 4) is 0 Å². The molecule has 0 saturated carbocycles. The number of rotatable bonds is 8. The molecule has 0 aromatic carbocycles. The van der Waals surface area contributed by atoms with Crippen LogP contribution >= 0.6 is 0 Å². The van der Waals surface area contributed by atoms with Crippen LogP contribution in [0.4, 0.5) is 0 Å². The summed E-state index contributed by atoms with van der Waals surface area (Å²) >= 11 is 0. The molecule has 0 rings (SSSR count). The number of hydrogen-bond donors (Lipinski definition) is 3. The van der Waals surface area contributed by atoms with Crippen molar-refractivity contribution in [1.29, 1.82) is 0 Å². The van der Waals surface area contributed by atoms with Gasteiger partial charge in [0.1, 0.15) is 6.04 Å². The predicted molar refractivity (Wildman–Crippen MR) is 63.5 cm³/mol. The third-order valence-electron chi connectivity index (χ3n) is 2.66. The number of ketones is 2. The Bertz CT molecular complexity index is 315. The summed E-state index contributed by atoms with van der Waals surface area (Å²) in [6, 6.07) is -0.974. The third-order valence-corrected chi connectivity index (χ3v) is 2.66. The number of Topliss-reactive ketones (excluding diaryl/α,β-unsaturated/α-hetero) is 2. The Morgan fingerprint density at radius 2 is 1.78 bits per heavy atom. The van der Waals surface area contributed by atoms with E-state index in [4.69, 9.17) is 21.3 Å². The van der Waals surface area contributed by atoms with Crippen LogP contribution in [-0.4, -0.2) is 47.4 Å². The molecular formula is C11H20N2O5. The fraction of sp³-hybridized carbons (Fsp3) is 0.727. The van der Waals surface area contributed by atoms with Gasteiger partial charge in [0.15, 0.2) is 11.6 Å². The van der Waals surface area contributed by atoms with E-state index in [1.165, 1.54) is 0 Å². The van der Waals surface area contributed by atoms with E-state index in [2.05, 4.69) is 0 Å². The molecule has 0 radical (unpaired) electrons. The van der Waals surface area contributed by atoms with Crippen molar-refractivity contribution in [2.45, 2.75) is 38.3 Å². The van der Waals surface area contributed by atoms with Gasteiger partial charge in [0.05, 0.1) is 6.61 Å². The molecule has 0 aromatic heterocycles. The van der Waals surface area contributed by atoms with E-state index in [0.29, 0.717) is 13.0 Å². The van der Waals surface area contributed by atoms with Crippen LogP contribution in [0.3, 0.4) is 0 Å². The summed E-state index contributed by atoms with van der Waals surface area (Å²) in [4.78, 5) is 34.4. The zero-order valence-corrected chi connectivity index (χ0v) is 10.6. The van der Waals surface area contributed by atoms with Crippen LogP contribution in [0.5, 0.6) is 0 Å². The van der Waals surface area contributed by atoms with Crippen LogP contribution in [0.1, 0.15) is 26.7 Å². The van der Waals surface area contributed by atoms with Crippen molar-refractivity contribution in [3.63, 3.8) is 0 Å². The van der Waals surface area contributed by atoms with E-state index in [1.54, 1.807) is 0 Å². The topological polar surface area (TPSA) is 133 Å². The van der Waals surface area contributed by atoms with Crippen LogP contribution in [0.25, 0.3) is 0 Å². The molecular weight excluding hydrogens is 240 g/mol. The monoisotopic (exact) mass is 260 g/mol. The van der Waals surface area contributed by atoms with E-state index >= 15 is 0 Å². The maximum absolute atomic E-state index is 11.6. The first-order chi connectivity index (χ1) is 8.31. The van der Waals surface area contributed by atoms with Crippen molar-refractivity contribution in [2.75, 3.05) is 13.2 Å². The van der Waals surface area contributed by atoms with Crippen molar-refractivity contribution in [1.82, 2.24) is 0 Å². The lowest BCUT2D eigenvalue weighted by Gasteiger charge is -2.27. The van der Waals surface area contributed by atoms with Gasteiger partial charge < -0.3 is 21.3 Å². The lowest BCUT2D eigenvalue weighted by molar-refractivity contribution is -0.177. The highest BCUT2D eigenvalue weighted by molar-refractivity contribution is 6.10. The number of aliphatic hydroxyl groups excluding tert-OH is 1. The summed E-state index contributed by atoms with van der Waals surface area (Å²) in [5.74, 6) is -2.38. The van der Waals surface area contributed by atoms with Gasteiger partial charge in [-0.1, -0.05) is 0 Å². The second kappa shape index (κ2) is 7.20. The highest BCUT2D eigenvalue weighted by Gasteiger charge is 2.45. The normalized spacial score (nSPS) is 12.9. The van der Waals surface area contributed by atoms with Crippen LogP contribution < -0.4 is 11.5 Å². The SMILES string of the molecule is CC(=O)C(CO)(OC(=O)[C@H](N)CCCN)C(C)=O. The Balaban J connectivity index is 4.84. The number of ether oxygens (including phenoxy) is 1. The van der Waals surface area contributed by atoms with E-state index in [-0.39, 0.29) is 6.42 Å². The first kappa shape index (κ1) is 16.7. The molecule has 0 unspecified atom stereocenters. The number of aliphatic hydroxyl groups is 1. The largest absolute Gasteiger partial charge is 0.439 e. The molecule has 0 aliphatic heterocycles. The Hall–Kier alpha value is -1.31. The molecule has 104 valence electrons. The first-order valence-electron chi connectivity index (χ1n) is 5.63. The fourth-order valence-electron chi connectivity index (χ4n) is 1.35. The number of esters is 1. The molecule has 0 saturated heterocycles. The van der Waals surface area contributed by atoms with Crippen molar-refractivity contribution in [3.05, 3.63) is 0 Å². The summed E-state index contributed by atoms with van der Waals surface area (Å²) < 4.78 is 4.82. The molecule has 0 aliphatic rings. The average molecular weight is 260 g/mol. The van der Waals surface area contributed by atoms with Gasteiger partial charge in [-0.15, -0.1) is 0 Å². The highest BCUT2D eigenvalue weighted by Crippen LogP contribution is 2.15. The summed E-state index contributed by atoms with van der Waals surface area (Å²) in [5, 5.41) is 9.14. The molecule has 0 aliphatic carbocycles. The second-order valence-electron chi connectivity index (χ2n) is 4.06. The van der Waals surface area contributed by atoms with Crippen molar-refractivity contribution < 1.29 is 24.2 Å². The molecule has 0 aromatic rings. The van der Waals surface area contributed by atoms with Gasteiger partial charge in [-0.3, -0.25) is 14.4 Å². The lowest BCUT2D eigenvalue weighted by Crippen LogP contribution is -2.53. The molecule has 0 bridgehead atoms. The molecule has 7 nitrogen and oxygen atoms in total. The molecule has 0 fully saturated rings. The first-order valence-corrected chi connectivity index (χ1v) is 5.63. The number of hydrogen-bond acceptors (Lipinski definition) is 7. The van der Waals surface area contributed by atoms with E-state index in [1.807, 2.05) is 0 Å². The standard InChI is InChI=1S/C11H20N2O5/c1-7(15)11(6-14,8(2)16)18-10(17)9(13)4-3-5-12/h9,14H,3-6,12-13H2,1-2H3/t9-/m1/s1. The van der Waals surface area contributed by atoms with Crippen LogP contribution in [0.2, 0.25) is 0 Å². The maximum Gasteiger partial charge on any atom is 0.324 e. The quantitative estimate of drug-likeness (QED) is 0.357. The van der Waals surface area contributed by atoms with Crippen LogP contribution in [0.15, 0.2) is 0 Å². The van der Waals surface area contributed by atoms with E-state index in [9.17, 15) is 14.4 Å². The Morgan fingerprint density at radius 3 is 2.11 bits per heavy atom. The van der Waals surface area contributed by atoms with Gasteiger partial charge in [-0.2, -0.15) is 0 Å². The average Bonchev–Trinajstić information content (AvgIpc) is 2.31. The molecule has 5 N–H and O–H groups in total. The molecule has 18 heavy (non-hydrogen) atoms. The van der Waals surface area contributed by atoms with Crippen molar-refractivity contribution >= 4 is 17.5 Å². The summed E-state index contributed by atoms with van der Waals surface area (Å²) in [6.07, 6.45) is 0.801. The van der Waals surface area contributed by atoms with Crippen LogP contribution in [0, 0.1) is 0 Å². The van der Waals surface area contributed by atoms with Gasteiger partial charge in [0.25, 0.3) is 0 Å². The molecule has 0 amide bonds. The smallest absolute Gasteiger partial charge is 0.324 e. The Kier molecular flexibility index (Phi) is 6.67. The molecule has 7 heteroatoms.